The zero-order valence-corrected chi connectivity index (χ0v) is 13.7. The highest BCUT2D eigenvalue weighted by molar-refractivity contribution is 7.11. The number of rotatable bonds is 4. The van der Waals surface area contributed by atoms with Crippen molar-refractivity contribution in [2.45, 2.75) is 40.0 Å². The van der Waals surface area contributed by atoms with Crippen LogP contribution in [0.5, 0.6) is 0 Å². The second kappa shape index (κ2) is 6.13. The third kappa shape index (κ3) is 3.61. The summed E-state index contributed by atoms with van der Waals surface area (Å²) in [6, 6.07) is 0. The molecular formula is C15H23N3O2S. The lowest BCUT2D eigenvalue weighted by Crippen LogP contribution is -2.42. The van der Waals surface area contributed by atoms with Gasteiger partial charge in [0.1, 0.15) is 4.88 Å². The number of hydrogen-bond donors (Lipinski definition) is 1. The Kier molecular flexibility index (Phi) is 4.66. The maximum atomic E-state index is 12.5. The fraction of sp³-hybridized carbons (Fsp3) is 0.667. The quantitative estimate of drug-likeness (QED) is 0.926. The van der Waals surface area contributed by atoms with Gasteiger partial charge in [-0.1, -0.05) is 13.8 Å². The van der Waals surface area contributed by atoms with E-state index < -0.39 is 5.41 Å². The van der Waals surface area contributed by atoms with E-state index in [9.17, 15) is 9.59 Å². The average molecular weight is 309 g/mol. The number of hydrogen-bond acceptors (Lipinski definition) is 4. The molecule has 1 unspecified atom stereocenters. The summed E-state index contributed by atoms with van der Waals surface area (Å²) in [4.78, 5) is 30.8. The second-order valence-electron chi connectivity index (χ2n) is 6.48. The fourth-order valence-electron chi connectivity index (χ4n) is 2.89. The Morgan fingerprint density at radius 3 is 2.81 bits per heavy atom. The largest absolute Gasteiger partial charge is 0.369 e. The number of aryl methyl sites for hydroxylation is 1. The SMILES string of the molecule is Cc1ncsc1C(=O)N1CCCC(CC(C)(C)C(N)=O)C1. The third-order valence-electron chi connectivity index (χ3n) is 4.21. The van der Waals surface area contributed by atoms with Gasteiger partial charge in [-0.15, -0.1) is 11.3 Å². The highest BCUT2D eigenvalue weighted by atomic mass is 32.1. The minimum atomic E-state index is -0.517. The summed E-state index contributed by atoms with van der Waals surface area (Å²) >= 11 is 1.39. The van der Waals surface area contributed by atoms with E-state index in [0.29, 0.717) is 12.5 Å². The predicted molar refractivity (Wildman–Crippen MR) is 83.1 cm³/mol. The molecule has 2 N–H and O–H groups in total. The topological polar surface area (TPSA) is 76.3 Å². The van der Waals surface area contributed by atoms with Crippen LogP contribution in [-0.4, -0.2) is 34.8 Å². The molecule has 0 spiro atoms. The summed E-state index contributed by atoms with van der Waals surface area (Å²) < 4.78 is 0. The van der Waals surface area contributed by atoms with Crippen molar-refractivity contribution in [3.8, 4) is 0 Å². The molecule has 0 aromatic carbocycles. The van der Waals surface area contributed by atoms with Gasteiger partial charge in [0.05, 0.1) is 11.2 Å². The number of nitrogens with zero attached hydrogens (tertiary/aromatic N) is 2. The van der Waals surface area contributed by atoms with Crippen LogP contribution in [0, 0.1) is 18.3 Å². The molecule has 1 aliphatic heterocycles. The Morgan fingerprint density at radius 1 is 1.52 bits per heavy atom. The van der Waals surface area contributed by atoms with Crippen LogP contribution in [0.25, 0.3) is 0 Å². The highest BCUT2D eigenvalue weighted by Crippen LogP contribution is 2.31. The van der Waals surface area contributed by atoms with Crippen LogP contribution in [0.4, 0.5) is 0 Å². The van der Waals surface area contributed by atoms with Crippen molar-refractivity contribution in [1.29, 1.82) is 0 Å². The summed E-state index contributed by atoms with van der Waals surface area (Å²) in [5.74, 6) is 0.124. The maximum Gasteiger partial charge on any atom is 0.265 e. The summed E-state index contributed by atoms with van der Waals surface area (Å²) in [5.41, 5.74) is 7.44. The Balaban J connectivity index is 2.03. The van der Waals surface area contributed by atoms with Gasteiger partial charge in [0.2, 0.25) is 5.91 Å². The van der Waals surface area contributed by atoms with E-state index in [-0.39, 0.29) is 11.8 Å². The number of aromatic nitrogens is 1. The van der Waals surface area contributed by atoms with Gasteiger partial charge in [0, 0.05) is 18.5 Å². The van der Waals surface area contributed by atoms with E-state index in [1.165, 1.54) is 11.3 Å². The van der Waals surface area contributed by atoms with Gasteiger partial charge in [-0.05, 0) is 32.1 Å². The zero-order valence-electron chi connectivity index (χ0n) is 12.9. The molecule has 0 radical (unpaired) electrons. The van der Waals surface area contributed by atoms with Crippen molar-refractivity contribution in [2.75, 3.05) is 13.1 Å². The molecule has 0 saturated carbocycles. The van der Waals surface area contributed by atoms with Crippen molar-refractivity contribution >= 4 is 23.2 Å². The van der Waals surface area contributed by atoms with Crippen LogP contribution in [0.1, 0.15) is 48.5 Å². The lowest BCUT2D eigenvalue weighted by Gasteiger charge is -2.35. The smallest absolute Gasteiger partial charge is 0.265 e. The van der Waals surface area contributed by atoms with Crippen LogP contribution >= 0.6 is 11.3 Å². The molecule has 116 valence electrons. The first-order chi connectivity index (χ1) is 9.81. The molecule has 2 heterocycles. The van der Waals surface area contributed by atoms with Gasteiger partial charge in [0.25, 0.3) is 5.91 Å². The first kappa shape index (κ1) is 15.9. The van der Waals surface area contributed by atoms with E-state index in [4.69, 9.17) is 5.73 Å². The van der Waals surface area contributed by atoms with Gasteiger partial charge < -0.3 is 10.6 Å². The summed E-state index contributed by atoms with van der Waals surface area (Å²) in [5, 5.41) is 0. The number of likely N-dealkylation sites (tertiary alicyclic amines) is 1. The van der Waals surface area contributed by atoms with Gasteiger partial charge in [-0.3, -0.25) is 9.59 Å². The van der Waals surface area contributed by atoms with Crippen LogP contribution in [0.2, 0.25) is 0 Å². The Bertz CT molecular complexity index is 539. The minimum absolute atomic E-state index is 0.0663. The van der Waals surface area contributed by atoms with E-state index in [2.05, 4.69) is 4.98 Å². The molecule has 21 heavy (non-hydrogen) atoms. The number of nitrogens with two attached hydrogens (primary N) is 1. The first-order valence-electron chi connectivity index (χ1n) is 7.30. The monoisotopic (exact) mass is 309 g/mol. The molecule has 0 bridgehead atoms. The molecule has 0 aliphatic carbocycles. The molecule has 1 aromatic rings. The van der Waals surface area contributed by atoms with Crippen molar-refractivity contribution in [3.05, 3.63) is 16.1 Å². The molecule has 2 rings (SSSR count). The molecule has 1 aromatic heterocycles. The summed E-state index contributed by atoms with van der Waals surface area (Å²) in [6.45, 7) is 7.10. The Hall–Kier alpha value is -1.43. The number of carbonyl (C=O) groups excluding carboxylic acids is 2. The number of thiazole rings is 1. The van der Waals surface area contributed by atoms with Crippen molar-refractivity contribution in [2.24, 2.45) is 17.1 Å². The van der Waals surface area contributed by atoms with E-state index in [1.807, 2.05) is 25.7 Å². The lowest BCUT2D eigenvalue weighted by molar-refractivity contribution is -0.127. The van der Waals surface area contributed by atoms with Crippen molar-refractivity contribution in [1.82, 2.24) is 9.88 Å². The van der Waals surface area contributed by atoms with Crippen LogP contribution in [-0.2, 0) is 4.79 Å². The molecule has 5 nitrogen and oxygen atoms in total. The molecule has 1 aliphatic rings. The van der Waals surface area contributed by atoms with E-state index >= 15 is 0 Å². The molecule has 6 heteroatoms. The Morgan fingerprint density at radius 2 is 2.24 bits per heavy atom. The second-order valence-corrected chi connectivity index (χ2v) is 7.33. The fourth-order valence-corrected chi connectivity index (χ4v) is 3.66. The van der Waals surface area contributed by atoms with Crippen molar-refractivity contribution < 1.29 is 9.59 Å². The van der Waals surface area contributed by atoms with Gasteiger partial charge in [0.15, 0.2) is 0 Å². The summed E-state index contributed by atoms with van der Waals surface area (Å²) in [6.07, 6.45) is 2.75. The first-order valence-corrected chi connectivity index (χ1v) is 8.18. The molecule has 1 fully saturated rings. The number of piperidine rings is 1. The average Bonchev–Trinajstić information content (AvgIpc) is 2.83. The van der Waals surface area contributed by atoms with E-state index in [1.54, 1.807) is 5.51 Å². The maximum absolute atomic E-state index is 12.5. The zero-order chi connectivity index (χ0) is 15.6. The van der Waals surface area contributed by atoms with Crippen molar-refractivity contribution in [3.63, 3.8) is 0 Å². The van der Waals surface area contributed by atoms with Gasteiger partial charge in [-0.25, -0.2) is 4.98 Å². The highest BCUT2D eigenvalue weighted by Gasteiger charge is 2.33. The molecule has 2 amide bonds. The number of amides is 2. The van der Waals surface area contributed by atoms with Crippen LogP contribution in [0.15, 0.2) is 5.51 Å². The third-order valence-corrected chi connectivity index (χ3v) is 5.13. The molecular weight excluding hydrogens is 286 g/mol. The standard InChI is InChI=1S/C15H23N3O2S/c1-10-12(21-9-17-10)13(19)18-6-4-5-11(8-18)7-15(2,3)14(16)20/h9,11H,4-8H2,1-3H3,(H2,16,20). The van der Waals surface area contributed by atoms with Gasteiger partial charge >= 0.3 is 0 Å². The van der Waals surface area contributed by atoms with Crippen LogP contribution in [0.3, 0.4) is 0 Å². The lowest BCUT2D eigenvalue weighted by atomic mass is 9.79. The number of carbonyl (C=O) groups is 2. The number of primary amides is 1. The summed E-state index contributed by atoms with van der Waals surface area (Å²) in [7, 11) is 0. The molecule has 1 saturated heterocycles. The van der Waals surface area contributed by atoms with Crippen LogP contribution < -0.4 is 5.73 Å². The van der Waals surface area contributed by atoms with Gasteiger partial charge in [-0.2, -0.15) is 0 Å². The molecule has 1 atom stereocenters. The Labute approximate surface area is 129 Å². The normalized spacial score (nSPS) is 19.6. The minimum Gasteiger partial charge on any atom is -0.369 e. The predicted octanol–water partition coefficient (Wildman–Crippen LogP) is 2.21. The van der Waals surface area contributed by atoms with E-state index in [0.717, 1.165) is 36.4 Å².